The standard InChI is InChI=1S/C17H20ClNO4/c18-13-4-2-12(3-5-13)17(6-1-7-17)16(22)19-8-9-23-14(11-19)10-15(20)21/h2-5,14H,1,6-11H2,(H,20,21). The molecular formula is C17H20ClNO4. The summed E-state index contributed by atoms with van der Waals surface area (Å²) in [5.74, 6) is -0.815. The van der Waals surface area contributed by atoms with Gasteiger partial charge in [0.15, 0.2) is 0 Å². The van der Waals surface area contributed by atoms with Gasteiger partial charge in [-0.05, 0) is 30.5 Å². The van der Waals surface area contributed by atoms with Crippen molar-refractivity contribution in [2.24, 2.45) is 0 Å². The van der Waals surface area contributed by atoms with Gasteiger partial charge in [0.25, 0.3) is 0 Å². The van der Waals surface area contributed by atoms with Crippen LogP contribution in [0.4, 0.5) is 0 Å². The number of benzene rings is 1. The van der Waals surface area contributed by atoms with Crippen molar-refractivity contribution in [3.05, 3.63) is 34.9 Å². The summed E-state index contributed by atoms with van der Waals surface area (Å²) in [6, 6.07) is 7.48. The Kier molecular flexibility index (Phi) is 4.60. The van der Waals surface area contributed by atoms with E-state index in [1.54, 1.807) is 4.90 Å². The number of carbonyl (C=O) groups is 2. The van der Waals surface area contributed by atoms with Crippen molar-refractivity contribution in [1.29, 1.82) is 0 Å². The van der Waals surface area contributed by atoms with Crippen molar-refractivity contribution in [1.82, 2.24) is 4.90 Å². The lowest BCUT2D eigenvalue weighted by atomic mass is 9.63. The third-order valence-corrected chi connectivity index (χ3v) is 5.09. The first-order valence-corrected chi connectivity index (χ1v) is 8.28. The van der Waals surface area contributed by atoms with Gasteiger partial charge < -0.3 is 14.7 Å². The van der Waals surface area contributed by atoms with Crippen LogP contribution >= 0.6 is 11.6 Å². The van der Waals surface area contributed by atoms with E-state index in [4.69, 9.17) is 21.4 Å². The molecule has 1 aliphatic heterocycles. The number of halogens is 1. The summed E-state index contributed by atoms with van der Waals surface area (Å²) in [4.78, 5) is 25.7. The number of ether oxygens (including phenoxy) is 1. The molecule has 0 bridgehead atoms. The van der Waals surface area contributed by atoms with Gasteiger partial charge in [-0.2, -0.15) is 0 Å². The minimum Gasteiger partial charge on any atom is -0.481 e. The predicted molar refractivity (Wildman–Crippen MR) is 85.6 cm³/mol. The molecule has 0 spiro atoms. The highest BCUT2D eigenvalue weighted by Gasteiger charge is 2.48. The van der Waals surface area contributed by atoms with Crippen molar-refractivity contribution in [2.45, 2.75) is 37.2 Å². The number of amides is 1. The summed E-state index contributed by atoms with van der Waals surface area (Å²) < 4.78 is 5.46. The maximum absolute atomic E-state index is 13.1. The maximum Gasteiger partial charge on any atom is 0.306 e. The van der Waals surface area contributed by atoms with Crippen LogP contribution in [0.2, 0.25) is 5.02 Å². The lowest BCUT2D eigenvalue weighted by molar-refractivity contribution is -0.153. The smallest absolute Gasteiger partial charge is 0.306 e. The number of hydrogen-bond donors (Lipinski definition) is 1. The van der Waals surface area contributed by atoms with Gasteiger partial charge in [0.2, 0.25) is 5.91 Å². The number of carbonyl (C=O) groups excluding carboxylic acids is 1. The zero-order valence-electron chi connectivity index (χ0n) is 12.8. The van der Waals surface area contributed by atoms with Gasteiger partial charge in [-0.25, -0.2) is 0 Å². The lowest BCUT2D eigenvalue weighted by Gasteiger charge is -2.45. The molecule has 1 saturated heterocycles. The normalized spacial score (nSPS) is 23.2. The molecular weight excluding hydrogens is 318 g/mol. The summed E-state index contributed by atoms with van der Waals surface area (Å²) in [5, 5.41) is 9.57. The van der Waals surface area contributed by atoms with Gasteiger partial charge >= 0.3 is 5.97 Å². The number of nitrogens with zero attached hydrogens (tertiary/aromatic N) is 1. The van der Waals surface area contributed by atoms with Gasteiger partial charge in [-0.15, -0.1) is 0 Å². The van der Waals surface area contributed by atoms with Crippen LogP contribution in [0.25, 0.3) is 0 Å². The topological polar surface area (TPSA) is 66.8 Å². The molecule has 6 heteroatoms. The van der Waals surface area contributed by atoms with Crippen molar-refractivity contribution in [3.63, 3.8) is 0 Å². The Balaban J connectivity index is 1.77. The molecule has 3 rings (SSSR count). The van der Waals surface area contributed by atoms with E-state index in [0.717, 1.165) is 24.8 Å². The van der Waals surface area contributed by atoms with Gasteiger partial charge in [0, 0.05) is 18.1 Å². The average molecular weight is 338 g/mol. The van der Waals surface area contributed by atoms with Gasteiger partial charge in [0.1, 0.15) is 0 Å². The first kappa shape index (κ1) is 16.3. The molecule has 1 aromatic carbocycles. The highest BCUT2D eigenvalue weighted by atomic mass is 35.5. The molecule has 23 heavy (non-hydrogen) atoms. The highest BCUT2D eigenvalue weighted by molar-refractivity contribution is 6.30. The van der Waals surface area contributed by atoms with Crippen LogP contribution in [-0.2, 0) is 19.7 Å². The van der Waals surface area contributed by atoms with Gasteiger partial charge in [0.05, 0.1) is 24.5 Å². The fourth-order valence-corrected chi connectivity index (χ4v) is 3.58. The van der Waals surface area contributed by atoms with Crippen molar-refractivity contribution in [2.75, 3.05) is 19.7 Å². The molecule has 1 unspecified atom stereocenters. The Morgan fingerprint density at radius 2 is 2.00 bits per heavy atom. The number of aliphatic carboxylic acids is 1. The van der Waals surface area contributed by atoms with Crippen LogP contribution in [0.3, 0.4) is 0 Å². The summed E-state index contributed by atoms with van der Waals surface area (Å²) in [6.45, 7) is 1.26. The van der Waals surface area contributed by atoms with E-state index in [9.17, 15) is 9.59 Å². The maximum atomic E-state index is 13.1. The number of carboxylic acids is 1. The number of rotatable bonds is 4. The Bertz CT molecular complexity index is 597. The average Bonchev–Trinajstić information content (AvgIpc) is 2.47. The van der Waals surface area contributed by atoms with Crippen LogP contribution in [0, 0.1) is 0 Å². The molecule has 1 saturated carbocycles. The Morgan fingerprint density at radius 1 is 1.30 bits per heavy atom. The van der Waals surface area contributed by atoms with Crippen molar-refractivity contribution < 1.29 is 19.4 Å². The molecule has 1 atom stereocenters. The molecule has 2 aliphatic rings. The molecule has 1 heterocycles. The van der Waals surface area contributed by atoms with E-state index >= 15 is 0 Å². The van der Waals surface area contributed by atoms with Crippen LogP contribution < -0.4 is 0 Å². The van der Waals surface area contributed by atoms with Gasteiger partial charge in [-0.1, -0.05) is 30.2 Å². The molecule has 1 aliphatic carbocycles. The van der Waals surface area contributed by atoms with Crippen molar-refractivity contribution >= 4 is 23.5 Å². The fraction of sp³-hybridized carbons (Fsp3) is 0.529. The summed E-state index contributed by atoms with van der Waals surface area (Å²) >= 11 is 5.95. The first-order chi connectivity index (χ1) is 11.0. The Labute approximate surface area is 140 Å². The second-order valence-electron chi connectivity index (χ2n) is 6.28. The SMILES string of the molecule is O=C(O)CC1CN(C(=O)C2(c3ccc(Cl)cc3)CCC2)CCO1. The van der Waals surface area contributed by atoms with Crippen LogP contribution in [-0.4, -0.2) is 47.7 Å². The van der Waals surface area contributed by atoms with Crippen LogP contribution in [0.1, 0.15) is 31.2 Å². The highest BCUT2D eigenvalue weighted by Crippen LogP contribution is 2.45. The second kappa shape index (κ2) is 6.49. The largest absolute Gasteiger partial charge is 0.481 e. The molecule has 124 valence electrons. The molecule has 1 N–H and O–H groups in total. The van der Waals surface area contributed by atoms with E-state index in [1.807, 2.05) is 24.3 Å². The van der Waals surface area contributed by atoms with Crippen LogP contribution in [0.5, 0.6) is 0 Å². The third-order valence-electron chi connectivity index (χ3n) is 4.84. The minimum atomic E-state index is -0.902. The van der Waals surface area contributed by atoms with Gasteiger partial charge in [-0.3, -0.25) is 9.59 Å². The molecule has 5 nitrogen and oxygen atoms in total. The zero-order valence-corrected chi connectivity index (χ0v) is 13.6. The molecule has 0 radical (unpaired) electrons. The summed E-state index contributed by atoms with van der Waals surface area (Å²) in [6.07, 6.45) is 2.19. The zero-order chi connectivity index (χ0) is 16.4. The van der Waals surface area contributed by atoms with E-state index in [2.05, 4.69) is 0 Å². The molecule has 1 amide bonds. The third kappa shape index (κ3) is 3.21. The fourth-order valence-electron chi connectivity index (χ4n) is 3.45. The van der Waals surface area contributed by atoms with Crippen molar-refractivity contribution in [3.8, 4) is 0 Å². The lowest BCUT2D eigenvalue weighted by Crippen LogP contribution is -2.55. The quantitative estimate of drug-likeness (QED) is 0.916. The van der Waals surface area contributed by atoms with E-state index in [0.29, 0.717) is 24.7 Å². The minimum absolute atomic E-state index is 0.0717. The van der Waals surface area contributed by atoms with Crippen LogP contribution in [0.15, 0.2) is 24.3 Å². The van der Waals surface area contributed by atoms with E-state index in [1.165, 1.54) is 0 Å². The molecule has 2 fully saturated rings. The second-order valence-corrected chi connectivity index (χ2v) is 6.72. The number of hydrogen-bond acceptors (Lipinski definition) is 3. The number of carboxylic acid groups (broad SMARTS) is 1. The Hall–Kier alpha value is -1.59. The molecule has 1 aromatic rings. The van der Waals surface area contributed by atoms with E-state index < -0.39 is 17.5 Å². The number of morpholine rings is 1. The summed E-state index contributed by atoms with van der Waals surface area (Å²) in [7, 11) is 0. The summed E-state index contributed by atoms with van der Waals surface area (Å²) in [5.41, 5.74) is 0.523. The monoisotopic (exact) mass is 337 g/mol. The molecule has 0 aromatic heterocycles. The predicted octanol–water partition coefficient (Wildman–Crippen LogP) is 2.46. The Morgan fingerprint density at radius 3 is 2.57 bits per heavy atom. The van der Waals surface area contributed by atoms with E-state index in [-0.39, 0.29) is 12.3 Å². The first-order valence-electron chi connectivity index (χ1n) is 7.90.